The second-order valence-electron chi connectivity index (χ2n) is 33.0. The van der Waals surface area contributed by atoms with E-state index >= 15 is 0 Å². The Labute approximate surface area is 660 Å². The number of nitrogens with zero attached hydrogens (tertiary/aromatic N) is 2. The van der Waals surface area contributed by atoms with E-state index in [1.807, 2.05) is 66.7 Å². The van der Waals surface area contributed by atoms with E-state index in [-0.39, 0.29) is 158 Å². The van der Waals surface area contributed by atoms with Gasteiger partial charge in [-0.15, -0.1) is 0 Å². The number of allylic oxidation sites excluding steroid dienone is 6. The van der Waals surface area contributed by atoms with Gasteiger partial charge < -0.3 is 86.3 Å². The molecule has 5 fully saturated rings. The number of carbonyl (C=O) groups excluding carboxylic acids is 4. The zero-order chi connectivity index (χ0) is 83.0. The number of carbonyl (C=O) groups is 5. The molecule has 0 aromatic heterocycles. The van der Waals surface area contributed by atoms with Crippen LogP contribution in [0, 0.1) is 76.9 Å². The summed E-state index contributed by atoms with van der Waals surface area (Å²) in [5.41, 5.74) is 3.25. The van der Waals surface area contributed by atoms with Gasteiger partial charge in [0.2, 0.25) is 0 Å². The number of aliphatic carboxylic acids is 1. The summed E-state index contributed by atoms with van der Waals surface area (Å²) in [5.74, 6) is -4.71. The van der Waals surface area contributed by atoms with E-state index in [0.29, 0.717) is 76.8 Å². The molecule has 7 rings (SSSR count). The van der Waals surface area contributed by atoms with Crippen molar-refractivity contribution in [1.29, 1.82) is 0 Å². The number of ether oxygens (including phenoxy) is 14. The van der Waals surface area contributed by atoms with Crippen molar-refractivity contribution >= 4 is 29.5 Å². The number of aliphatic hydroxyl groups is 1. The number of carboxylic acids is 1. The molecule has 0 aromatic carbocycles. The Kier molecular flexibility index (Phi) is 40.5. The molecule has 26 heteroatoms. The minimum atomic E-state index is -5.08. The second-order valence-corrected chi connectivity index (χ2v) is 33.0. The molecular formula is C85H139F3N2O21. The van der Waals surface area contributed by atoms with Crippen LogP contribution in [0.5, 0.6) is 0 Å². The minimum Gasteiger partial charge on any atom is -0.475 e. The third kappa shape index (κ3) is 28.6. The highest BCUT2D eigenvalue weighted by molar-refractivity contribution is 5.92. The molecule has 0 spiro atoms. The van der Waals surface area contributed by atoms with Crippen LogP contribution in [0.1, 0.15) is 162 Å². The van der Waals surface area contributed by atoms with Crippen molar-refractivity contribution in [2.75, 3.05) is 95.3 Å². The number of aliphatic hydroxyl groups excluding tert-OH is 1. The first-order chi connectivity index (χ1) is 52.2. The van der Waals surface area contributed by atoms with E-state index in [2.05, 4.69) is 113 Å². The monoisotopic (exact) mass is 1580 g/mol. The lowest BCUT2D eigenvalue weighted by molar-refractivity contribution is -0.292. The Morgan fingerprint density at radius 3 is 1.29 bits per heavy atom. The Bertz CT molecular complexity index is 3050. The second kappa shape index (κ2) is 46.4. The lowest BCUT2D eigenvalue weighted by atomic mass is 9.79. The van der Waals surface area contributed by atoms with Crippen LogP contribution in [0.2, 0.25) is 0 Å². The van der Waals surface area contributed by atoms with Crippen LogP contribution >= 0.6 is 0 Å². The van der Waals surface area contributed by atoms with Crippen LogP contribution in [-0.2, 0) is 90.3 Å². The lowest BCUT2D eigenvalue weighted by Gasteiger charge is -2.48. The van der Waals surface area contributed by atoms with Crippen molar-refractivity contribution in [2.45, 2.75) is 266 Å². The molecule has 29 atom stereocenters. The summed E-state index contributed by atoms with van der Waals surface area (Å²) in [6.07, 6.45) is 3.72. The van der Waals surface area contributed by atoms with Crippen molar-refractivity contribution < 1.29 is 114 Å². The van der Waals surface area contributed by atoms with Gasteiger partial charge in [-0.3, -0.25) is 19.2 Å². The lowest BCUT2D eigenvalue weighted by Crippen LogP contribution is -2.56. The Morgan fingerprint density at radius 2 is 0.919 bits per heavy atom. The summed E-state index contributed by atoms with van der Waals surface area (Å²) in [4.78, 5) is 68.6. The van der Waals surface area contributed by atoms with E-state index in [1.165, 1.54) is 0 Å². The van der Waals surface area contributed by atoms with Crippen LogP contribution in [0.3, 0.4) is 0 Å². The molecule has 7 aliphatic rings. The van der Waals surface area contributed by atoms with Gasteiger partial charge in [0.25, 0.3) is 0 Å². The summed E-state index contributed by atoms with van der Waals surface area (Å²) in [6.45, 7) is 43.4. The highest BCUT2D eigenvalue weighted by Crippen LogP contribution is 2.42. The zero-order valence-corrected chi connectivity index (χ0v) is 70.6. The van der Waals surface area contributed by atoms with Gasteiger partial charge in [-0.05, 0) is 148 Å². The standard InChI is InChI=1S/C46H77NO11.C37H61NO8.C2HF3O2/c1-15-38-36(25-54-46-44(51-14)43(50-13)30(6)34(10)56-46)20-26(2)16-17-37(48)28(4)21-35-18-19-52-23-27(3)24-53-39(22-40(49)57-38)31(7)42(35)58-45-32(8)41(47(11)12)29(5)33(9)55-45;1-11-32-30(19-39)16-22(2)12-13-31(40)24(4)17-29-14-15-42-20-23(3)21-43-33(18-34(41)45-32)26(6)36(29)46-37-27(7)35(38(9)10)25(5)28(8)44-37;3-2(4,5)1(6)7/h16-17,20,28-36,38-39,41-46H,3,15,18-19,21-25H2,1-2,4-14H3;12-13,16,24-30,32-33,35-37,39H,3,11,14-15,17-21H2,1-2,4-10H3;(H,6,7)/b17-16+,26-20+;13-12+,22-16+;/t28-,29-,30-,31+,32-,33-,34-,35?,36-,38-,39-,41+,42-,43-,44-,45+,46-;24-,25-,26+,27-,28-,29?,30-,32-,33-,35+,36-,37+;/m11./s1. The Hall–Kier alpha value is -4.62. The van der Waals surface area contributed by atoms with Crippen LogP contribution in [-0.4, -0.2) is 249 Å². The highest BCUT2D eigenvalue weighted by Gasteiger charge is 2.49. The predicted molar refractivity (Wildman–Crippen MR) is 416 cm³/mol. The number of ketones is 2. The summed E-state index contributed by atoms with van der Waals surface area (Å²) in [6, 6.07) is 0.476. The summed E-state index contributed by atoms with van der Waals surface area (Å²) < 4.78 is 121. The molecule has 23 nitrogen and oxygen atoms in total. The predicted octanol–water partition coefficient (Wildman–Crippen LogP) is 12.8. The molecular weight excluding hydrogens is 1440 g/mol. The molecule has 0 aromatic rings. The fourth-order valence-corrected chi connectivity index (χ4v) is 17.1. The van der Waals surface area contributed by atoms with E-state index in [9.17, 15) is 37.5 Å². The molecule has 4 bridgehead atoms. The molecule has 7 aliphatic heterocycles. The molecule has 2 unspecified atom stereocenters. The summed E-state index contributed by atoms with van der Waals surface area (Å²) in [7, 11) is 11.7. The smallest absolute Gasteiger partial charge is 0.475 e. The van der Waals surface area contributed by atoms with E-state index < -0.39 is 79.7 Å². The number of hydrogen-bond acceptors (Lipinski definition) is 22. The maximum atomic E-state index is 14.2. The third-order valence-electron chi connectivity index (χ3n) is 24.0. The fourth-order valence-electron chi connectivity index (χ4n) is 17.1. The Balaban J connectivity index is 0.000000373. The van der Waals surface area contributed by atoms with E-state index in [4.69, 9.17) is 76.2 Å². The molecule has 0 aliphatic carbocycles. The Morgan fingerprint density at radius 1 is 0.541 bits per heavy atom. The number of cyclic esters (lactones) is 2. The topological polar surface area (TPSA) is 262 Å². The molecule has 0 saturated carbocycles. The van der Waals surface area contributed by atoms with Gasteiger partial charge in [0.15, 0.2) is 30.4 Å². The summed E-state index contributed by atoms with van der Waals surface area (Å²) >= 11 is 0. The maximum absolute atomic E-state index is 14.2. The fraction of sp³-hybridized carbons (Fsp3) is 0.800. The van der Waals surface area contributed by atoms with Crippen molar-refractivity contribution in [3.63, 3.8) is 0 Å². The molecule has 7 heterocycles. The van der Waals surface area contributed by atoms with Gasteiger partial charge in [-0.2, -0.15) is 13.2 Å². The van der Waals surface area contributed by atoms with E-state index in [1.54, 1.807) is 32.4 Å². The van der Waals surface area contributed by atoms with Crippen molar-refractivity contribution in [3.05, 3.63) is 71.9 Å². The third-order valence-corrected chi connectivity index (χ3v) is 24.0. The quantitative estimate of drug-likeness (QED) is 0.121. The molecule has 2 N–H and O–H groups in total. The van der Waals surface area contributed by atoms with Gasteiger partial charge in [-0.25, -0.2) is 4.79 Å². The first kappa shape index (κ1) is 97.0. The zero-order valence-electron chi connectivity index (χ0n) is 70.6. The number of carboxylic acid groups (broad SMARTS) is 1. The van der Waals surface area contributed by atoms with Gasteiger partial charge >= 0.3 is 24.1 Å². The van der Waals surface area contributed by atoms with Crippen LogP contribution < -0.4 is 0 Å². The number of halogens is 3. The molecule has 0 amide bonds. The van der Waals surface area contributed by atoms with Crippen molar-refractivity contribution in [2.24, 2.45) is 76.9 Å². The van der Waals surface area contributed by atoms with E-state index in [0.717, 1.165) is 22.3 Å². The largest absolute Gasteiger partial charge is 0.490 e. The van der Waals surface area contributed by atoms with Gasteiger partial charge in [-0.1, -0.05) is 125 Å². The molecule has 636 valence electrons. The number of methoxy groups -OCH3 is 2. The molecule has 111 heavy (non-hydrogen) atoms. The number of alkyl halides is 3. The number of hydrogen-bond donors (Lipinski definition) is 2. The molecule has 5 saturated heterocycles. The van der Waals surface area contributed by atoms with Crippen LogP contribution in [0.4, 0.5) is 13.2 Å². The first-order valence-corrected chi connectivity index (χ1v) is 40.3. The number of rotatable bonds is 14. The minimum absolute atomic E-state index is 0.000286. The first-order valence-electron chi connectivity index (χ1n) is 40.3. The average Bonchev–Trinajstić information content (AvgIpc) is 0.991. The normalized spacial score (nSPS) is 40.5. The molecule has 0 radical (unpaired) electrons. The average molecular weight is 1580 g/mol. The highest BCUT2D eigenvalue weighted by atomic mass is 19.4. The maximum Gasteiger partial charge on any atom is 0.490 e. The summed E-state index contributed by atoms with van der Waals surface area (Å²) in [5, 5.41) is 17.3. The number of fused-ring (bicyclic) bond motifs is 6. The number of esters is 2. The van der Waals surface area contributed by atoms with Crippen LogP contribution in [0.25, 0.3) is 0 Å². The van der Waals surface area contributed by atoms with Gasteiger partial charge in [0.05, 0.1) is 101 Å². The van der Waals surface area contributed by atoms with Gasteiger partial charge in [0, 0.05) is 92.8 Å². The van der Waals surface area contributed by atoms with Crippen LogP contribution in [0.15, 0.2) is 71.9 Å². The van der Waals surface area contributed by atoms with Crippen molar-refractivity contribution in [1.82, 2.24) is 9.80 Å². The SMILES string of the molecule is C=C1COCCC2C[C@@H](C)C(=O)/C=C/C(C)=C/[C@H](CO)[C@@H](CC)OC(=O)C[C@@H](OC1)[C@H](C)[C@H]2O[C@@H]1O[C@H](C)[C@@H](C)[C@H](N(C)C)[C@H]1C.C=C1COCCC2C[C@@H](C)C(=O)/C=C/C(C)=C/[C@H](CO[C@@H]3O[C@H](C)[C@@H](C)[C@@H](OC)[C@H]3OC)[C@@H](CC)OC(=O)C[C@@H](OC1)[C@H](C)[C@H]2O[C@@H]1O[C@H](C)[C@@H](C)[C@H](N(C)C)[C@H]1C.O=C(O)C(F)(F)F. The van der Waals surface area contributed by atoms with Gasteiger partial charge in [0.1, 0.15) is 18.3 Å². The van der Waals surface area contributed by atoms with Crippen molar-refractivity contribution in [3.8, 4) is 0 Å².